The largest absolute Gasteiger partial charge is 0.329 e. The molecule has 0 amide bonds. The van der Waals surface area contributed by atoms with E-state index < -0.39 is 0 Å². The van der Waals surface area contributed by atoms with Gasteiger partial charge in [0.2, 0.25) is 0 Å². The summed E-state index contributed by atoms with van der Waals surface area (Å²) in [7, 11) is 0. The SMILES string of the molecule is CC1(C)CCCN(C(CN)c2cccc(Cl)c2)C1. The summed E-state index contributed by atoms with van der Waals surface area (Å²) >= 11 is 6.08. The smallest absolute Gasteiger partial charge is 0.0471 e. The Bertz CT molecular complexity index is 403. The molecule has 1 aromatic rings. The monoisotopic (exact) mass is 266 g/mol. The van der Waals surface area contributed by atoms with Gasteiger partial charge < -0.3 is 5.73 Å². The van der Waals surface area contributed by atoms with Crippen molar-refractivity contribution >= 4 is 11.6 Å². The van der Waals surface area contributed by atoms with Crippen LogP contribution in [0.2, 0.25) is 5.02 Å². The summed E-state index contributed by atoms with van der Waals surface area (Å²) in [4.78, 5) is 2.51. The van der Waals surface area contributed by atoms with Crippen LogP contribution >= 0.6 is 11.6 Å². The van der Waals surface area contributed by atoms with Gasteiger partial charge >= 0.3 is 0 Å². The maximum atomic E-state index is 6.08. The van der Waals surface area contributed by atoms with Crippen molar-refractivity contribution in [1.82, 2.24) is 4.90 Å². The molecule has 2 nitrogen and oxygen atoms in total. The molecule has 3 heteroatoms. The molecule has 0 aromatic heterocycles. The Morgan fingerprint density at radius 2 is 2.22 bits per heavy atom. The summed E-state index contributed by atoms with van der Waals surface area (Å²) in [5.41, 5.74) is 7.62. The van der Waals surface area contributed by atoms with E-state index in [9.17, 15) is 0 Å². The third-order valence-electron chi connectivity index (χ3n) is 3.83. The second kappa shape index (κ2) is 5.60. The molecule has 1 heterocycles. The third-order valence-corrected chi connectivity index (χ3v) is 4.06. The summed E-state index contributed by atoms with van der Waals surface area (Å²) in [5.74, 6) is 0. The quantitative estimate of drug-likeness (QED) is 0.908. The second-order valence-corrected chi connectivity index (χ2v) is 6.48. The third kappa shape index (κ3) is 3.25. The zero-order valence-corrected chi connectivity index (χ0v) is 12.1. The standard InChI is InChI=1S/C15H23ClN2/c1-15(2)7-4-8-18(11-15)14(10-17)12-5-3-6-13(16)9-12/h3,5-6,9,14H,4,7-8,10-11,17H2,1-2H3. The molecule has 0 spiro atoms. The van der Waals surface area contributed by atoms with Gasteiger partial charge in [0.25, 0.3) is 0 Å². The van der Waals surface area contributed by atoms with Crippen molar-refractivity contribution in [3.8, 4) is 0 Å². The number of nitrogens with zero attached hydrogens (tertiary/aromatic N) is 1. The lowest BCUT2D eigenvalue weighted by Crippen LogP contribution is -2.44. The van der Waals surface area contributed by atoms with E-state index in [1.807, 2.05) is 18.2 Å². The number of hydrogen-bond donors (Lipinski definition) is 1. The van der Waals surface area contributed by atoms with Crippen molar-refractivity contribution in [3.63, 3.8) is 0 Å². The van der Waals surface area contributed by atoms with E-state index in [0.29, 0.717) is 18.0 Å². The van der Waals surface area contributed by atoms with Crippen molar-refractivity contribution in [2.75, 3.05) is 19.6 Å². The number of hydrogen-bond acceptors (Lipinski definition) is 2. The summed E-state index contributed by atoms with van der Waals surface area (Å²) in [6, 6.07) is 8.39. The minimum atomic E-state index is 0.295. The summed E-state index contributed by atoms with van der Waals surface area (Å²) in [6.45, 7) is 7.57. The molecule has 1 atom stereocenters. The molecule has 0 saturated carbocycles. The lowest BCUT2D eigenvalue weighted by Gasteiger charge is -2.42. The second-order valence-electron chi connectivity index (χ2n) is 6.04. The molecule has 2 rings (SSSR count). The van der Waals surface area contributed by atoms with Crippen molar-refractivity contribution in [2.45, 2.75) is 32.7 Å². The predicted octanol–water partition coefficient (Wildman–Crippen LogP) is 3.46. The topological polar surface area (TPSA) is 29.3 Å². The fourth-order valence-corrected chi connectivity index (χ4v) is 3.14. The number of rotatable bonds is 3. The molecule has 1 aliphatic heterocycles. The van der Waals surface area contributed by atoms with Crippen LogP contribution < -0.4 is 5.73 Å². The Balaban J connectivity index is 2.18. The maximum Gasteiger partial charge on any atom is 0.0471 e. The Morgan fingerprint density at radius 1 is 1.44 bits per heavy atom. The van der Waals surface area contributed by atoms with Crippen molar-refractivity contribution < 1.29 is 0 Å². The molecule has 1 saturated heterocycles. The van der Waals surface area contributed by atoms with E-state index >= 15 is 0 Å². The Morgan fingerprint density at radius 3 is 2.83 bits per heavy atom. The van der Waals surface area contributed by atoms with E-state index in [0.717, 1.165) is 18.1 Å². The van der Waals surface area contributed by atoms with Gasteiger partial charge in [-0.3, -0.25) is 4.90 Å². The molecular formula is C15H23ClN2. The average Bonchev–Trinajstić information content (AvgIpc) is 2.29. The average molecular weight is 267 g/mol. The molecule has 1 aromatic carbocycles. The Kier molecular flexibility index (Phi) is 4.31. The first-order valence-electron chi connectivity index (χ1n) is 6.71. The summed E-state index contributed by atoms with van der Waals surface area (Å²) in [6.07, 6.45) is 2.56. The maximum absolute atomic E-state index is 6.08. The predicted molar refractivity (Wildman–Crippen MR) is 77.8 cm³/mol. The van der Waals surface area contributed by atoms with Crippen LogP contribution in [0.3, 0.4) is 0 Å². The Labute approximate surface area is 115 Å². The van der Waals surface area contributed by atoms with E-state index in [2.05, 4.69) is 24.8 Å². The van der Waals surface area contributed by atoms with Crippen molar-refractivity contribution in [3.05, 3.63) is 34.9 Å². The van der Waals surface area contributed by atoms with E-state index in [1.54, 1.807) is 0 Å². The van der Waals surface area contributed by atoms with Crippen LogP contribution in [0.15, 0.2) is 24.3 Å². The minimum Gasteiger partial charge on any atom is -0.329 e. The lowest BCUT2D eigenvalue weighted by atomic mass is 9.83. The van der Waals surface area contributed by atoms with Gasteiger partial charge in [0, 0.05) is 24.2 Å². The fraction of sp³-hybridized carbons (Fsp3) is 0.600. The van der Waals surface area contributed by atoms with Gasteiger partial charge in [0.05, 0.1) is 0 Å². The van der Waals surface area contributed by atoms with Crippen LogP contribution in [0.5, 0.6) is 0 Å². The molecule has 0 bridgehead atoms. The van der Waals surface area contributed by atoms with Crippen molar-refractivity contribution in [2.24, 2.45) is 11.1 Å². The van der Waals surface area contributed by atoms with Crippen LogP contribution in [0.1, 0.15) is 38.3 Å². The van der Waals surface area contributed by atoms with E-state index in [1.165, 1.54) is 18.4 Å². The highest BCUT2D eigenvalue weighted by molar-refractivity contribution is 6.30. The summed E-state index contributed by atoms with van der Waals surface area (Å²) in [5, 5.41) is 0.794. The number of likely N-dealkylation sites (tertiary alicyclic amines) is 1. The van der Waals surface area contributed by atoms with Crippen LogP contribution in [0, 0.1) is 5.41 Å². The van der Waals surface area contributed by atoms with Gasteiger partial charge in [-0.1, -0.05) is 37.6 Å². The van der Waals surface area contributed by atoms with Gasteiger partial charge in [-0.15, -0.1) is 0 Å². The van der Waals surface area contributed by atoms with Gasteiger partial charge in [0.15, 0.2) is 0 Å². The van der Waals surface area contributed by atoms with E-state index in [4.69, 9.17) is 17.3 Å². The van der Waals surface area contributed by atoms with Crippen molar-refractivity contribution in [1.29, 1.82) is 0 Å². The molecule has 0 aliphatic carbocycles. The molecule has 1 aliphatic rings. The van der Waals surface area contributed by atoms with Crippen LogP contribution in [0.4, 0.5) is 0 Å². The first-order chi connectivity index (χ1) is 8.52. The van der Waals surface area contributed by atoms with Gasteiger partial charge in [-0.2, -0.15) is 0 Å². The zero-order valence-electron chi connectivity index (χ0n) is 11.3. The molecule has 100 valence electrons. The Hall–Kier alpha value is -0.570. The van der Waals surface area contributed by atoms with Crippen LogP contribution in [-0.4, -0.2) is 24.5 Å². The fourth-order valence-electron chi connectivity index (χ4n) is 2.94. The first kappa shape index (κ1) is 13.9. The zero-order chi connectivity index (χ0) is 13.2. The van der Waals surface area contributed by atoms with Gasteiger partial charge in [0.1, 0.15) is 0 Å². The number of piperidine rings is 1. The molecule has 18 heavy (non-hydrogen) atoms. The number of benzene rings is 1. The number of nitrogens with two attached hydrogens (primary N) is 1. The summed E-state index contributed by atoms with van der Waals surface area (Å²) < 4.78 is 0. The van der Waals surface area contributed by atoms with Crippen LogP contribution in [-0.2, 0) is 0 Å². The minimum absolute atomic E-state index is 0.295. The highest BCUT2D eigenvalue weighted by atomic mass is 35.5. The van der Waals surface area contributed by atoms with Crippen LogP contribution in [0.25, 0.3) is 0 Å². The molecule has 1 unspecified atom stereocenters. The number of halogens is 1. The molecule has 2 N–H and O–H groups in total. The molecular weight excluding hydrogens is 244 g/mol. The molecule has 1 fully saturated rings. The molecule has 0 radical (unpaired) electrons. The van der Waals surface area contributed by atoms with Gasteiger partial charge in [-0.05, 0) is 42.5 Å². The van der Waals surface area contributed by atoms with Gasteiger partial charge in [-0.25, -0.2) is 0 Å². The highest BCUT2D eigenvalue weighted by Gasteiger charge is 2.30. The first-order valence-corrected chi connectivity index (χ1v) is 7.09. The normalized spacial score (nSPS) is 21.8. The lowest BCUT2D eigenvalue weighted by molar-refractivity contribution is 0.0807. The van der Waals surface area contributed by atoms with E-state index in [-0.39, 0.29) is 0 Å². The highest BCUT2D eigenvalue weighted by Crippen LogP contribution is 2.33.